The van der Waals surface area contributed by atoms with E-state index in [2.05, 4.69) is 35.8 Å². The van der Waals surface area contributed by atoms with E-state index in [1.165, 1.54) is 6.92 Å². The van der Waals surface area contributed by atoms with Crippen LogP contribution in [0.1, 0.15) is 21.7 Å². The Hall–Kier alpha value is -4.76. The summed E-state index contributed by atoms with van der Waals surface area (Å²) in [7, 11) is 0. The molecule has 2 heterocycles. The molecule has 0 fully saturated rings. The highest BCUT2D eigenvalue weighted by Gasteiger charge is 2.21. The number of nitro groups is 2. The number of benzene rings is 1. The molecule has 0 bridgehead atoms. The zero-order valence-electron chi connectivity index (χ0n) is 14.4. The number of hydrogen-bond donors (Lipinski definition) is 2. The number of nitrogens with zero attached hydrogens (tertiary/aromatic N) is 8. The number of rotatable bonds is 6. The molecule has 0 aliphatic carbocycles. The summed E-state index contributed by atoms with van der Waals surface area (Å²) in [6, 6.07) is 2.99. The van der Waals surface area contributed by atoms with Gasteiger partial charge < -0.3 is 5.73 Å². The number of nitrogens with two attached hydrogens (primary N) is 1. The lowest BCUT2D eigenvalue weighted by Gasteiger charge is -2.00. The predicted octanol–water partition coefficient (Wildman–Crippen LogP) is 0.121. The van der Waals surface area contributed by atoms with E-state index in [4.69, 9.17) is 5.73 Å². The molecule has 0 saturated carbocycles. The van der Waals surface area contributed by atoms with E-state index < -0.39 is 27.1 Å². The van der Waals surface area contributed by atoms with Gasteiger partial charge in [0, 0.05) is 6.07 Å². The summed E-state index contributed by atoms with van der Waals surface area (Å²) in [5.41, 5.74) is 6.77. The Morgan fingerprint density at radius 3 is 2.69 bits per heavy atom. The minimum atomic E-state index is -0.803. The molecule has 0 saturated heterocycles. The molecular formula is C13H10N10O6. The topological polar surface area (TPSA) is 223 Å². The highest BCUT2D eigenvalue weighted by Crippen LogP contribution is 2.23. The molecule has 1 aromatic carbocycles. The third-order valence-corrected chi connectivity index (χ3v) is 3.60. The lowest BCUT2D eigenvalue weighted by atomic mass is 10.2. The number of hydrazone groups is 1. The van der Waals surface area contributed by atoms with Gasteiger partial charge in [0.25, 0.3) is 17.3 Å². The van der Waals surface area contributed by atoms with Gasteiger partial charge in [-0.3, -0.25) is 25.0 Å². The van der Waals surface area contributed by atoms with Crippen molar-refractivity contribution in [1.82, 2.24) is 30.7 Å². The molecule has 3 rings (SSSR count). The molecule has 0 atom stereocenters. The number of nitrogens with one attached hydrogen (secondary N) is 1. The van der Waals surface area contributed by atoms with Gasteiger partial charge in [0.1, 0.15) is 0 Å². The van der Waals surface area contributed by atoms with Gasteiger partial charge in [0.2, 0.25) is 11.6 Å². The molecule has 0 spiro atoms. The first-order valence-corrected chi connectivity index (χ1v) is 7.56. The van der Waals surface area contributed by atoms with E-state index in [0.29, 0.717) is 0 Å². The summed E-state index contributed by atoms with van der Waals surface area (Å²) in [4.78, 5) is 32.5. The average molecular weight is 402 g/mol. The van der Waals surface area contributed by atoms with Gasteiger partial charge in [-0.2, -0.15) is 9.78 Å². The van der Waals surface area contributed by atoms with E-state index in [0.717, 1.165) is 29.1 Å². The summed E-state index contributed by atoms with van der Waals surface area (Å²) < 4.78 is 5.59. The predicted molar refractivity (Wildman–Crippen MR) is 93.2 cm³/mol. The van der Waals surface area contributed by atoms with E-state index >= 15 is 0 Å². The summed E-state index contributed by atoms with van der Waals surface area (Å²) in [6.07, 6.45) is 0.971. The number of anilines is 1. The second kappa shape index (κ2) is 7.47. The smallest absolute Gasteiger partial charge is 0.293 e. The maximum absolute atomic E-state index is 12.2. The monoisotopic (exact) mass is 402 g/mol. The maximum Gasteiger partial charge on any atom is 0.293 e. The van der Waals surface area contributed by atoms with E-state index in [9.17, 15) is 25.0 Å². The summed E-state index contributed by atoms with van der Waals surface area (Å²) in [5.74, 6) is -0.794. The molecule has 3 aromatic rings. The highest BCUT2D eigenvalue weighted by molar-refractivity contribution is 5.94. The largest absolute Gasteiger partial charge is 0.378 e. The molecule has 0 unspecified atom stereocenters. The quantitative estimate of drug-likeness (QED) is 0.320. The number of hydrogen-bond acceptors (Lipinski definition) is 12. The standard InChI is InChI=1S/C13H10N10O6/c1-6-10(16-20-21(6)12-11(14)18-29-19-12)13(24)17-15-5-7-2-3-8(22(25)26)4-9(7)23(27)28/h2-5H,1H3,(H2,14,18)(H,17,24). The fourth-order valence-corrected chi connectivity index (χ4v) is 2.20. The fraction of sp³-hybridized carbons (Fsp3) is 0.0769. The zero-order chi connectivity index (χ0) is 21.1. The Labute approximate surface area is 159 Å². The van der Waals surface area contributed by atoms with Gasteiger partial charge in [-0.25, -0.2) is 10.1 Å². The number of carbonyl (C=O) groups excluding carboxylic acids is 1. The van der Waals surface area contributed by atoms with Crippen molar-refractivity contribution in [3.05, 3.63) is 55.4 Å². The first kappa shape index (κ1) is 19.0. The number of carbonyl (C=O) groups is 1. The van der Waals surface area contributed by atoms with Gasteiger partial charge in [0.05, 0.1) is 33.4 Å². The van der Waals surface area contributed by atoms with Crippen molar-refractivity contribution in [3.63, 3.8) is 0 Å². The number of nitro benzene ring substituents is 2. The Bertz CT molecular complexity index is 1150. The molecule has 3 N–H and O–H groups in total. The van der Waals surface area contributed by atoms with Crippen LogP contribution in [0.5, 0.6) is 0 Å². The van der Waals surface area contributed by atoms with Crippen molar-refractivity contribution < 1.29 is 19.3 Å². The van der Waals surface area contributed by atoms with Crippen molar-refractivity contribution in [2.75, 3.05) is 5.73 Å². The van der Waals surface area contributed by atoms with Crippen LogP contribution in [0.4, 0.5) is 17.2 Å². The van der Waals surface area contributed by atoms with Crippen LogP contribution in [-0.2, 0) is 0 Å². The summed E-state index contributed by atoms with van der Waals surface area (Å²) in [5, 5.41) is 39.8. The van der Waals surface area contributed by atoms with Crippen LogP contribution in [0, 0.1) is 27.2 Å². The van der Waals surface area contributed by atoms with Crippen molar-refractivity contribution in [3.8, 4) is 5.82 Å². The van der Waals surface area contributed by atoms with Gasteiger partial charge in [0.15, 0.2) is 5.69 Å². The molecule has 2 aromatic heterocycles. The lowest BCUT2D eigenvalue weighted by molar-refractivity contribution is -0.394. The molecule has 0 aliphatic heterocycles. The Morgan fingerprint density at radius 1 is 1.31 bits per heavy atom. The van der Waals surface area contributed by atoms with Crippen LogP contribution in [0.2, 0.25) is 0 Å². The third kappa shape index (κ3) is 3.70. The van der Waals surface area contributed by atoms with E-state index in [-0.39, 0.29) is 28.6 Å². The minimum Gasteiger partial charge on any atom is -0.378 e. The SMILES string of the molecule is Cc1c(C(=O)NN=Cc2ccc([N+](=O)[O-])cc2[N+](=O)[O-])nnn1-c1nonc1N. The normalized spacial score (nSPS) is 10.9. The molecule has 16 heteroatoms. The number of amides is 1. The molecule has 0 radical (unpaired) electrons. The molecule has 0 aliphatic rings. The second-order valence-corrected chi connectivity index (χ2v) is 5.36. The van der Waals surface area contributed by atoms with Crippen LogP contribution in [0.15, 0.2) is 27.9 Å². The number of nitrogen functional groups attached to an aromatic ring is 1. The lowest BCUT2D eigenvalue weighted by Crippen LogP contribution is -2.19. The third-order valence-electron chi connectivity index (χ3n) is 3.60. The molecule has 1 amide bonds. The van der Waals surface area contributed by atoms with Gasteiger partial charge in [-0.1, -0.05) is 5.21 Å². The van der Waals surface area contributed by atoms with E-state index in [1.54, 1.807) is 0 Å². The maximum atomic E-state index is 12.2. The van der Waals surface area contributed by atoms with Crippen LogP contribution in [0.25, 0.3) is 5.82 Å². The highest BCUT2D eigenvalue weighted by atomic mass is 16.6. The number of aromatic nitrogens is 5. The van der Waals surface area contributed by atoms with Crippen molar-refractivity contribution in [2.24, 2.45) is 5.10 Å². The minimum absolute atomic E-state index is 0.0408. The Morgan fingerprint density at radius 2 is 2.07 bits per heavy atom. The number of non-ortho nitro benzene ring substituents is 1. The van der Waals surface area contributed by atoms with Gasteiger partial charge in [-0.15, -0.1) is 5.10 Å². The van der Waals surface area contributed by atoms with Gasteiger partial charge in [-0.05, 0) is 23.3 Å². The van der Waals surface area contributed by atoms with Crippen molar-refractivity contribution in [2.45, 2.75) is 6.92 Å². The van der Waals surface area contributed by atoms with E-state index in [1.807, 2.05) is 0 Å². The molecule has 16 nitrogen and oxygen atoms in total. The van der Waals surface area contributed by atoms with Gasteiger partial charge >= 0.3 is 0 Å². The van der Waals surface area contributed by atoms with Crippen molar-refractivity contribution in [1.29, 1.82) is 0 Å². The first-order valence-electron chi connectivity index (χ1n) is 7.56. The van der Waals surface area contributed by atoms with Crippen molar-refractivity contribution >= 4 is 29.3 Å². The summed E-state index contributed by atoms with van der Waals surface area (Å²) >= 11 is 0. The van der Waals surface area contributed by atoms with Crippen LogP contribution in [0.3, 0.4) is 0 Å². The van der Waals surface area contributed by atoms with Crippen LogP contribution < -0.4 is 11.2 Å². The van der Waals surface area contributed by atoms with Crippen LogP contribution in [-0.4, -0.2) is 47.3 Å². The molecule has 29 heavy (non-hydrogen) atoms. The first-order chi connectivity index (χ1) is 13.8. The molecule has 148 valence electrons. The fourth-order valence-electron chi connectivity index (χ4n) is 2.20. The Balaban J connectivity index is 1.79. The second-order valence-electron chi connectivity index (χ2n) is 5.36. The summed E-state index contributed by atoms with van der Waals surface area (Å²) in [6.45, 7) is 1.51. The Kier molecular flexibility index (Phi) is 4.89. The molecular weight excluding hydrogens is 392 g/mol. The zero-order valence-corrected chi connectivity index (χ0v) is 14.4. The average Bonchev–Trinajstić information content (AvgIpc) is 3.26. The van der Waals surface area contributed by atoms with Crippen LogP contribution >= 0.6 is 0 Å².